The number of benzene rings is 2. The van der Waals surface area contributed by atoms with E-state index < -0.39 is 0 Å². The van der Waals surface area contributed by atoms with Gasteiger partial charge < -0.3 is 33.7 Å². The van der Waals surface area contributed by atoms with Crippen LogP contribution in [-0.2, 0) is 11.3 Å². The Balaban J connectivity index is 1.60. The van der Waals surface area contributed by atoms with Gasteiger partial charge in [-0.2, -0.15) is 0 Å². The Labute approximate surface area is 215 Å². The van der Waals surface area contributed by atoms with Crippen LogP contribution in [0.4, 0.5) is 4.79 Å². The Morgan fingerprint density at radius 1 is 1.05 bits per heavy atom. The Bertz CT molecular complexity index is 1210. The van der Waals surface area contributed by atoms with Crippen molar-refractivity contribution in [2.75, 3.05) is 54.1 Å². The number of aryl methyl sites for hydroxylation is 1. The van der Waals surface area contributed by atoms with E-state index in [1.807, 2.05) is 0 Å². The summed E-state index contributed by atoms with van der Waals surface area (Å²) in [7, 11) is 4.56. The number of Topliss-reactive ketones (excluding diaryl/α,β-unsaturated/α-hetero) is 1. The Morgan fingerprint density at radius 2 is 1.70 bits per heavy atom. The lowest BCUT2D eigenvalue weighted by atomic mass is 9.99. The molecule has 0 spiro atoms. The van der Waals surface area contributed by atoms with Gasteiger partial charge in [-0.05, 0) is 49.2 Å². The van der Waals surface area contributed by atoms with Crippen molar-refractivity contribution in [1.29, 1.82) is 0 Å². The minimum atomic E-state index is -0.322. The topological polar surface area (TPSA) is 107 Å². The molecular formula is C27H32N2O8. The third-order valence-electron chi connectivity index (χ3n) is 6.49. The molecule has 0 atom stereocenters. The molecule has 0 aliphatic carbocycles. The zero-order valence-corrected chi connectivity index (χ0v) is 21.8. The lowest BCUT2D eigenvalue weighted by Gasteiger charge is -2.34. The number of amides is 1. The van der Waals surface area contributed by atoms with Crippen LogP contribution in [0.25, 0.3) is 6.08 Å². The van der Waals surface area contributed by atoms with Gasteiger partial charge in [0.1, 0.15) is 11.5 Å². The number of phenolic OH excluding ortho intramolecular Hbond substituents is 1. The van der Waals surface area contributed by atoms with E-state index in [0.717, 1.165) is 0 Å². The van der Waals surface area contributed by atoms with Gasteiger partial charge in [-0.25, -0.2) is 4.79 Å². The van der Waals surface area contributed by atoms with Gasteiger partial charge in [0, 0.05) is 32.7 Å². The van der Waals surface area contributed by atoms with Crippen LogP contribution in [0, 0.1) is 6.92 Å². The van der Waals surface area contributed by atoms with Gasteiger partial charge in [0.2, 0.25) is 11.5 Å². The predicted molar refractivity (Wildman–Crippen MR) is 136 cm³/mol. The van der Waals surface area contributed by atoms with Gasteiger partial charge in [-0.1, -0.05) is 0 Å². The van der Waals surface area contributed by atoms with Crippen molar-refractivity contribution in [2.45, 2.75) is 20.4 Å². The first kappa shape index (κ1) is 26.2. The van der Waals surface area contributed by atoms with Crippen molar-refractivity contribution in [1.82, 2.24) is 9.80 Å². The average Bonchev–Trinajstić information content (AvgIpc) is 3.22. The molecule has 2 aromatic rings. The lowest BCUT2D eigenvalue weighted by molar-refractivity contribution is 0.0774. The zero-order chi connectivity index (χ0) is 26.7. The van der Waals surface area contributed by atoms with Gasteiger partial charge in [0.15, 0.2) is 17.3 Å². The molecule has 0 aromatic heterocycles. The monoisotopic (exact) mass is 512 g/mol. The van der Waals surface area contributed by atoms with E-state index in [-0.39, 0.29) is 23.4 Å². The number of carbonyl (C=O) groups excluding carboxylic acids is 2. The molecule has 2 aliphatic heterocycles. The third-order valence-corrected chi connectivity index (χ3v) is 6.49. The van der Waals surface area contributed by atoms with Crippen molar-refractivity contribution in [3.8, 4) is 28.7 Å². The van der Waals surface area contributed by atoms with Gasteiger partial charge in [-0.15, -0.1) is 0 Å². The number of aromatic hydroxyl groups is 1. The summed E-state index contributed by atoms with van der Waals surface area (Å²) in [5.74, 6) is 1.63. The molecule has 198 valence electrons. The third kappa shape index (κ3) is 5.15. The van der Waals surface area contributed by atoms with Crippen LogP contribution < -0.4 is 18.9 Å². The first-order valence-electron chi connectivity index (χ1n) is 12.0. The molecule has 0 unspecified atom stereocenters. The highest BCUT2D eigenvalue weighted by atomic mass is 16.6. The molecule has 2 aromatic carbocycles. The van der Waals surface area contributed by atoms with Crippen LogP contribution in [0.15, 0.2) is 24.0 Å². The minimum absolute atomic E-state index is 0.0610. The molecule has 0 radical (unpaired) electrons. The number of carbonyl (C=O) groups is 2. The number of ketones is 1. The summed E-state index contributed by atoms with van der Waals surface area (Å²) < 4.78 is 27.4. The van der Waals surface area contributed by atoms with Gasteiger partial charge in [0.25, 0.3) is 0 Å². The van der Waals surface area contributed by atoms with E-state index in [1.54, 1.807) is 43.0 Å². The number of rotatable bonds is 7. The number of hydrogen-bond donors (Lipinski definition) is 1. The van der Waals surface area contributed by atoms with Gasteiger partial charge in [0.05, 0.1) is 39.1 Å². The quantitative estimate of drug-likeness (QED) is 0.557. The van der Waals surface area contributed by atoms with E-state index in [1.165, 1.54) is 21.3 Å². The van der Waals surface area contributed by atoms with Crippen molar-refractivity contribution in [3.05, 3.63) is 46.2 Å². The van der Waals surface area contributed by atoms with Crippen molar-refractivity contribution in [2.24, 2.45) is 0 Å². The Morgan fingerprint density at radius 3 is 2.27 bits per heavy atom. The number of ether oxygens (including phenoxy) is 5. The average molecular weight is 513 g/mol. The summed E-state index contributed by atoms with van der Waals surface area (Å²) in [5, 5.41) is 10.8. The number of nitrogens with zero attached hydrogens (tertiary/aromatic N) is 2. The Hall–Kier alpha value is -3.92. The lowest BCUT2D eigenvalue weighted by Crippen LogP contribution is -2.48. The highest BCUT2D eigenvalue weighted by molar-refractivity contribution is 6.16. The summed E-state index contributed by atoms with van der Waals surface area (Å²) in [4.78, 5) is 29.1. The van der Waals surface area contributed by atoms with Crippen molar-refractivity contribution < 1.29 is 38.4 Å². The second kappa shape index (κ2) is 11.0. The molecule has 1 amide bonds. The molecule has 10 nitrogen and oxygen atoms in total. The molecule has 10 heteroatoms. The maximum Gasteiger partial charge on any atom is 0.409 e. The first-order valence-corrected chi connectivity index (χ1v) is 12.0. The molecule has 2 heterocycles. The van der Waals surface area contributed by atoms with E-state index in [0.29, 0.717) is 84.6 Å². The Kier molecular flexibility index (Phi) is 7.77. The highest BCUT2D eigenvalue weighted by Crippen LogP contribution is 2.43. The van der Waals surface area contributed by atoms with Crippen LogP contribution in [0.1, 0.15) is 34.0 Å². The fourth-order valence-electron chi connectivity index (χ4n) is 4.60. The summed E-state index contributed by atoms with van der Waals surface area (Å²) in [6.07, 6.45) is 1.29. The maximum atomic E-state index is 13.4. The number of methoxy groups -OCH3 is 3. The molecule has 0 saturated carbocycles. The summed E-state index contributed by atoms with van der Waals surface area (Å²) in [6.45, 7) is 6.48. The molecule has 4 rings (SSSR count). The molecule has 2 aliphatic rings. The molecule has 1 N–H and O–H groups in total. The number of fused-ring (bicyclic) bond motifs is 1. The fourth-order valence-corrected chi connectivity index (χ4v) is 4.60. The first-order chi connectivity index (χ1) is 17.8. The summed E-state index contributed by atoms with van der Waals surface area (Å²) >= 11 is 0. The van der Waals surface area contributed by atoms with Crippen LogP contribution in [0.3, 0.4) is 0 Å². The standard InChI is InChI=1S/C27H32N2O8/c1-6-36-27(32)29-9-7-28(8-10-29)15-18-19(30)11-16(2)23-24(31)20(37-25(18)23)12-17-13-21(33-3)26(35-5)22(14-17)34-4/h11-14,30H,6-10,15H2,1-5H3. The molecule has 37 heavy (non-hydrogen) atoms. The molecular weight excluding hydrogens is 480 g/mol. The normalized spacial score (nSPS) is 16.4. The van der Waals surface area contributed by atoms with Crippen molar-refractivity contribution in [3.63, 3.8) is 0 Å². The van der Waals surface area contributed by atoms with E-state index >= 15 is 0 Å². The second-order valence-corrected chi connectivity index (χ2v) is 8.76. The molecule has 1 fully saturated rings. The molecule has 1 saturated heterocycles. The largest absolute Gasteiger partial charge is 0.507 e. The van der Waals surface area contributed by atoms with Gasteiger partial charge in [-0.3, -0.25) is 9.69 Å². The van der Waals surface area contributed by atoms with Crippen LogP contribution in [0.2, 0.25) is 0 Å². The zero-order valence-electron chi connectivity index (χ0n) is 21.8. The number of piperazine rings is 1. The molecule has 0 bridgehead atoms. The minimum Gasteiger partial charge on any atom is -0.507 e. The fraction of sp³-hybridized carbons (Fsp3) is 0.407. The summed E-state index contributed by atoms with van der Waals surface area (Å²) in [5.41, 5.74) is 2.22. The SMILES string of the molecule is CCOC(=O)N1CCN(Cc2c(O)cc(C)c3c2OC(=Cc2cc(OC)c(OC)c(OC)c2)C3=O)CC1. The highest BCUT2D eigenvalue weighted by Gasteiger charge is 2.34. The second-order valence-electron chi connectivity index (χ2n) is 8.76. The smallest absolute Gasteiger partial charge is 0.409 e. The maximum absolute atomic E-state index is 13.4. The van der Waals surface area contributed by atoms with Crippen LogP contribution >= 0.6 is 0 Å². The van der Waals surface area contributed by atoms with Crippen LogP contribution in [0.5, 0.6) is 28.7 Å². The van der Waals surface area contributed by atoms with Gasteiger partial charge >= 0.3 is 6.09 Å². The van der Waals surface area contributed by atoms with Crippen LogP contribution in [-0.4, -0.2) is 80.9 Å². The van der Waals surface area contributed by atoms with E-state index in [2.05, 4.69) is 4.90 Å². The number of hydrogen-bond acceptors (Lipinski definition) is 9. The number of allylic oxidation sites excluding steroid dienone is 1. The number of phenols is 1. The van der Waals surface area contributed by atoms with Crippen molar-refractivity contribution >= 4 is 18.0 Å². The van der Waals surface area contributed by atoms with E-state index in [4.69, 9.17) is 23.7 Å². The van der Waals surface area contributed by atoms with E-state index in [9.17, 15) is 14.7 Å². The summed E-state index contributed by atoms with van der Waals surface area (Å²) in [6, 6.07) is 5.04. The predicted octanol–water partition coefficient (Wildman–Crippen LogP) is 3.62.